The molecule has 2 rings (SSSR count). The topological polar surface area (TPSA) is 31.0 Å². The van der Waals surface area contributed by atoms with E-state index < -0.39 is 0 Å². The van der Waals surface area contributed by atoms with Crippen LogP contribution in [0.2, 0.25) is 0 Å². The van der Waals surface area contributed by atoms with E-state index in [1.807, 2.05) is 29.1 Å². The maximum Gasteiger partial charge on any atom is 0.125 e. The monoisotopic (exact) mass is 148 g/mol. The van der Waals surface area contributed by atoms with E-state index in [-0.39, 0.29) is 0 Å². The van der Waals surface area contributed by atoms with Crippen molar-refractivity contribution in [3.63, 3.8) is 0 Å². The zero-order chi connectivity index (χ0) is 7.52. The molecule has 0 saturated heterocycles. The molecule has 0 amide bonds. The summed E-state index contributed by atoms with van der Waals surface area (Å²) in [6.45, 7) is 0.708. The average molecular weight is 148 g/mol. The Morgan fingerprint density at radius 3 is 3.09 bits per heavy atom. The predicted octanol–water partition coefficient (Wildman–Crippen LogP) is 1.52. The molecule has 0 spiro atoms. The molecule has 0 N–H and O–H groups in total. The first-order valence-corrected chi connectivity index (χ1v) is 3.45. The SMILES string of the molecule is c1coc(Cn2cccn2)c1. The summed E-state index contributed by atoms with van der Waals surface area (Å²) in [5.74, 6) is 0.925. The van der Waals surface area contributed by atoms with Crippen molar-refractivity contribution in [1.29, 1.82) is 0 Å². The van der Waals surface area contributed by atoms with Gasteiger partial charge in [-0.3, -0.25) is 4.68 Å². The number of nitrogens with zero attached hydrogens (tertiary/aromatic N) is 2. The van der Waals surface area contributed by atoms with Gasteiger partial charge in [0.15, 0.2) is 0 Å². The van der Waals surface area contributed by atoms with Crippen molar-refractivity contribution < 1.29 is 4.42 Å². The Hall–Kier alpha value is -1.51. The maximum atomic E-state index is 5.15. The minimum absolute atomic E-state index is 0.708. The van der Waals surface area contributed by atoms with Crippen molar-refractivity contribution in [3.05, 3.63) is 42.6 Å². The lowest BCUT2D eigenvalue weighted by Crippen LogP contribution is -1.97. The molecular weight excluding hydrogens is 140 g/mol. The van der Waals surface area contributed by atoms with Crippen LogP contribution in [0.25, 0.3) is 0 Å². The van der Waals surface area contributed by atoms with Crippen LogP contribution < -0.4 is 0 Å². The highest BCUT2D eigenvalue weighted by atomic mass is 16.3. The van der Waals surface area contributed by atoms with Crippen molar-refractivity contribution in [2.24, 2.45) is 0 Å². The molecule has 2 aromatic heterocycles. The molecule has 56 valence electrons. The summed E-state index contributed by atoms with van der Waals surface area (Å²) in [5.41, 5.74) is 0. The molecular formula is C8H8N2O. The van der Waals surface area contributed by atoms with Crippen LogP contribution in [0.5, 0.6) is 0 Å². The van der Waals surface area contributed by atoms with Crippen molar-refractivity contribution >= 4 is 0 Å². The highest BCUT2D eigenvalue weighted by Crippen LogP contribution is 2.01. The van der Waals surface area contributed by atoms with Gasteiger partial charge in [-0.25, -0.2) is 0 Å². The first-order chi connectivity index (χ1) is 5.45. The van der Waals surface area contributed by atoms with Crippen molar-refractivity contribution in [2.45, 2.75) is 6.54 Å². The van der Waals surface area contributed by atoms with Crippen LogP contribution in [0, 0.1) is 0 Å². The molecule has 0 unspecified atom stereocenters. The first-order valence-electron chi connectivity index (χ1n) is 3.45. The van der Waals surface area contributed by atoms with Crippen molar-refractivity contribution in [1.82, 2.24) is 9.78 Å². The van der Waals surface area contributed by atoms with E-state index in [4.69, 9.17) is 4.42 Å². The number of hydrogen-bond acceptors (Lipinski definition) is 2. The second-order valence-electron chi connectivity index (χ2n) is 2.28. The third-order valence-corrected chi connectivity index (χ3v) is 1.46. The van der Waals surface area contributed by atoms with Gasteiger partial charge in [-0.2, -0.15) is 5.10 Å². The van der Waals surface area contributed by atoms with Gasteiger partial charge in [0.1, 0.15) is 5.76 Å². The smallest absolute Gasteiger partial charge is 0.125 e. The molecule has 0 saturated carbocycles. The third-order valence-electron chi connectivity index (χ3n) is 1.46. The lowest BCUT2D eigenvalue weighted by molar-refractivity contribution is 0.480. The fourth-order valence-corrected chi connectivity index (χ4v) is 0.956. The Morgan fingerprint density at radius 1 is 1.45 bits per heavy atom. The average Bonchev–Trinajstić information content (AvgIpc) is 2.60. The Morgan fingerprint density at radius 2 is 2.45 bits per heavy atom. The van der Waals surface area contributed by atoms with Gasteiger partial charge < -0.3 is 4.42 Å². The van der Waals surface area contributed by atoms with Crippen LogP contribution in [0.1, 0.15) is 5.76 Å². The van der Waals surface area contributed by atoms with Crippen molar-refractivity contribution in [3.8, 4) is 0 Å². The van der Waals surface area contributed by atoms with Crippen LogP contribution in [-0.4, -0.2) is 9.78 Å². The lowest BCUT2D eigenvalue weighted by atomic mass is 10.4. The second kappa shape index (κ2) is 2.62. The Kier molecular flexibility index (Phi) is 1.48. The largest absolute Gasteiger partial charge is 0.467 e. The van der Waals surface area contributed by atoms with E-state index in [2.05, 4.69) is 5.10 Å². The van der Waals surface area contributed by atoms with Crippen LogP contribution >= 0.6 is 0 Å². The molecule has 2 aromatic rings. The molecule has 3 heteroatoms. The van der Waals surface area contributed by atoms with Gasteiger partial charge in [-0.05, 0) is 18.2 Å². The molecule has 0 fully saturated rings. The quantitative estimate of drug-likeness (QED) is 0.646. The Bertz CT molecular complexity index is 264. The van der Waals surface area contributed by atoms with Crippen molar-refractivity contribution in [2.75, 3.05) is 0 Å². The van der Waals surface area contributed by atoms with Crippen LogP contribution in [-0.2, 0) is 6.54 Å². The number of furan rings is 1. The summed E-state index contributed by atoms with van der Waals surface area (Å²) in [6.07, 6.45) is 5.32. The minimum Gasteiger partial charge on any atom is -0.467 e. The van der Waals surface area contributed by atoms with Gasteiger partial charge in [0.05, 0.1) is 12.8 Å². The summed E-state index contributed by atoms with van der Waals surface area (Å²) in [6, 6.07) is 5.70. The van der Waals surface area contributed by atoms with E-state index in [0.29, 0.717) is 6.54 Å². The lowest BCUT2D eigenvalue weighted by Gasteiger charge is -1.95. The van der Waals surface area contributed by atoms with Crippen LogP contribution in [0.15, 0.2) is 41.3 Å². The second-order valence-corrected chi connectivity index (χ2v) is 2.28. The van der Waals surface area contributed by atoms with Gasteiger partial charge in [0.2, 0.25) is 0 Å². The molecule has 0 aliphatic carbocycles. The normalized spacial score (nSPS) is 10.2. The Labute approximate surface area is 64.3 Å². The van der Waals surface area contributed by atoms with Crippen LogP contribution in [0.4, 0.5) is 0 Å². The van der Waals surface area contributed by atoms with E-state index in [0.717, 1.165) is 5.76 Å². The predicted molar refractivity (Wildman–Crippen MR) is 40.0 cm³/mol. The summed E-state index contributed by atoms with van der Waals surface area (Å²) in [5, 5.41) is 4.05. The molecule has 3 nitrogen and oxygen atoms in total. The zero-order valence-corrected chi connectivity index (χ0v) is 5.97. The van der Waals surface area contributed by atoms with Gasteiger partial charge in [0, 0.05) is 12.4 Å². The van der Waals surface area contributed by atoms with E-state index in [1.165, 1.54) is 0 Å². The summed E-state index contributed by atoms with van der Waals surface area (Å²) >= 11 is 0. The van der Waals surface area contributed by atoms with Gasteiger partial charge in [-0.15, -0.1) is 0 Å². The number of aromatic nitrogens is 2. The number of hydrogen-bond donors (Lipinski definition) is 0. The minimum atomic E-state index is 0.708. The fourth-order valence-electron chi connectivity index (χ4n) is 0.956. The first kappa shape index (κ1) is 6.22. The number of rotatable bonds is 2. The zero-order valence-electron chi connectivity index (χ0n) is 5.97. The van der Waals surface area contributed by atoms with E-state index in [1.54, 1.807) is 12.5 Å². The summed E-state index contributed by atoms with van der Waals surface area (Å²) in [4.78, 5) is 0. The van der Waals surface area contributed by atoms with Gasteiger partial charge in [0.25, 0.3) is 0 Å². The third kappa shape index (κ3) is 1.32. The van der Waals surface area contributed by atoms with Gasteiger partial charge >= 0.3 is 0 Å². The molecule has 11 heavy (non-hydrogen) atoms. The maximum absolute atomic E-state index is 5.15. The Balaban J connectivity index is 2.14. The summed E-state index contributed by atoms with van der Waals surface area (Å²) < 4.78 is 6.96. The fraction of sp³-hybridized carbons (Fsp3) is 0.125. The van der Waals surface area contributed by atoms with Crippen LogP contribution in [0.3, 0.4) is 0 Å². The molecule has 2 heterocycles. The molecule has 0 radical (unpaired) electrons. The van der Waals surface area contributed by atoms with E-state index >= 15 is 0 Å². The molecule has 0 bridgehead atoms. The molecule has 0 atom stereocenters. The van der Waals surface area contributed by atoms with E-state index in [9.17, 15) is 0 Å². The highest BCUT2D eigenvalue weighted by Gasteiger charge is 1.95. The molecule has 0 aromatic carbocycles. The molecule has 0 aliphatic heterocycles. The van der Waals surface area contributed by atoms with Gasteiger partial charge in [-0.1, -0.05) is 0 Å². The summed E-state index contributed by atoms with van der Waals surface area (Å²) in [7, 11) is 0. The standard InChI is InChI=1S/C8H8N2O/c1-3-8(11-6-1)7-10-5-2-4-9-10/h1-6H,7H2. The highest BCUT2D eigenvalue weighted by molar-refractivity contribution is 4.98. The molecule has 0 aliphatic rings.